The van der Waals surface area contributed by atoms with Gasteiger partial charge in [0.1, 0.15) is 5.60 Å². The first-order valence-electron chi connectivity index (χ1n) is 9.10. The van der Waals surface area contributed by atoms with Crippen molar-refractivity contribution in [1.29, 1.82) is 0 Å². The Morgan fingerprint density at radius 2 is 1.82 bits per heavy atom. The number of alkyl carbamates (subject to hydrolysis) is 1. The van der Waals surface area contributed by atoms with Gasteiger partial charge in [0.25, 0.3) is 0 Å². The minimum Gasteiger partial charge on any atom is -0.444 e. The Morgan fingerprint density at radius 3 is 2.43 bits per heavy atom. The van der Waals surface area contributed by atoms with Gasteiger partial charge in [-0.05, 0) is 52.1 Å². The Hall–Kier alpha value is -1.97. The van der Waals surface area contributed by atoms with Gasteiger partial charge < -0.3 is 25.7 Å². The third-order valence-corrected chi connectivity index (χ3v) is 3.79. The number of carbonyl (C=O) groups is 1. The second kappa shape index (κ2) is 9.99. The Kier molecular flexibility index (Phi) is 8.59. The van der Waals surface area contributed by atoms with E-state index in [0.29, 0.717) is 19.0 Å². The minimum absolute atomic E-state index is 0. The molecule has 0 aliphatic heterocycles. The molecule has 0 atom stereocenters. The number of aromatic nitrogens is 1. The van der Waals surface area contributed by atoms with Gasteiger partial charge in [0, 0.05) is 24.8 Å². The van der Waals surface area contributed by atoms with Gasteiger partial charge in [0.15, 0.2) is 5.96 Å². The van der Waals surface area contributed by atoms with Crippen LogP contribution in [0.4, 0.5) is 4.79 Å². The van der Waals surface area contributed by atoms with Crippen LogP contribution in [0.15, 0.2) is 35.3 Å². The molecule has 0 radical (unpaired) electrons. The first-order chi connectivity index (χ1) is 12.6. The monoisotopic (exact) mass is 501 g/mol. The molecule has 156 valence electrons. The van der Waals surface area contributed by atoms with Crippen molar-refractivity contribution < 1.29 is 9.53 Å². The lowest BCUT2D eigenvalue weighted by Gasteiger charge is -2.29. The predicted molar refractivity (Wildman–Crippen MR) is 125 cm³/mol. The predicted octanol–water partition coefficient (Wildman–Crippen LogP) is 3.75. The Bertz CT molecular complexity index is 775. The summed E-state index contributed by atoms with van der Waals surface area (Å²) in [6.07, 6.45) is -0.435. The molecule has 0 aliphatic carbocycles. The van der Waals surface area contributed by atoms with E-state index >= 15 is 0 Å². The summed E-state index contributed by atoms with van der Waals surface area (Å²) in [5, 5.41) is 10.6. The zero-order valence-corrected chi connectivity index (χ0v) is 19.8. The number of guanidine groups is 1. The van der Waals surface area contributed by atoms with Crippen molar-refractivity contribution in [3.63, 3.8) is 0 Å². The van der Waals surface area contributed by atoms with Crippen LogP contribution in [0.2, 0.25) is 0 Å². The van der Waals surface area contributed by atoms with E-state index in [1.165, 1.54) is 5.39 Å². The summed E-state index contributed by atoms with van der Waals surface area (Å²) in [5.41, 5.74) is 1.16. The number of fused-ring (bicyclic) bond motifs is 1. The molecule has 1 amide bonds. The van der Waals surface area contributed by atoms with Crippen LogP contribution in [0.1, 0.15) is 40.3 Å². The molecule has 1 aromatic heterocycles. The van der Waals surface area contributed by atoms with Gasteiger partial charge in [-0.25, -0.2) is 4.79 Å². The van der Waals surface area contributed by atoms with Crippen molar-refractivity contribution >= 4 is 46.9 Å². The number of rotatable bonds is 5. The highest BCUT2D eigenvalue weighted by Gasteiger charge is 2.24. The van der Waals surface area contributed by atoms with E-state index < -0.39 is 17.2 Å². The fourth-order valence-corrected chi connectivity index (χ4v) is 2.56. The molecule has 1 heterocycles. The number of ether oxygens (including phenoxy) is 1. The van der Waals surface area contributed by atoms with Crippen molar-refractivity contribution in [2.45, 2.75) is 52.3 Å². The van der Waals surface area contributed by atoms with Crippen LogP contribution in [0.3, 0.4) is 0 Å². The second-order valence-corrected chi connectivity index (χ2v) is 8.17. The van der Waals surface area contributed by atoms with Crippen LogP contribution < -0.4 is 16.0 Å². The number of aromatic amines is 1. The second-order valence-electron chi connectivity index (χ2n) is 8.17. The number of hydrogen-bond acceptors (Lipinski definition) is 3. The lowest BCUT2D eigenvalue weighted by molar-refractivity contribution is 0.0474. The molecule has 0 saturated carbocycles. The highest BCUT2D eigenvalue weighted by Crippen LogP contribution is 2.14. The molecule has 1 aromatic carbocycles. The zero-order valence-electron chi connectivity index (χ0n) is 17.5. The summed E-state index contributed by atoms with van der Waals surface area (Å²) in [6, 6.07) is 10.3. The van der Waals surface area contributed by atoms with Gasteiger partial charge in [0.2, 0.25) is 0 Å². The summed E-state index contributed by atoms with van der Waals surface area (Å²) in [6.45, 7) is 10.5. The Labute approximate surface area is 184 Å². The Balaban J connectivity index is 0.00000392. The summed E-state index contributed by atoms with van der Waals surface area (Å²) >= 11 is 0. The maximum atomic E-state index is 12.0. The van der Waals surface area contributed by atoms with Crippen molar-refractivity contribution in [3.05, 3.63) is 36.0 Å². The highest BCUT2D eigenvalue weighted by atomic mass is 127. The standard InChI is InChI=1S/C20H31N5O2.HI/c1-19(2,3)27-18(26)25-20(4,5)13-23-17(21-6)22-12-15-11-14-9-7-8-10-16(14)24-15;/h7-11,24H,12-13H2,1-6H3,(H,25,26)(H2,21,22,23);1H. The van der Waals surface area contributed by atoms with Crippen LogP contribution >= 0.6 is 24.0 Å². The van der Waals surface area contributed by atoms with Crippen molar-refractivity contribution in [2.24, 2.45) is 4.99 Å². The number of nitrogens with zero attached hydrogens (tertiary/aromatic N) is 1. The Morgan fingerprint density at radius 1 is 1.14 bits per heavy atom. The fourth-order valence-electron chi connectivity index (χ4n) is 2.56. The SMILES string of the molecule is CN=C(NCc1cc2ccccc2[nH]1)NCC(C)(C)NC(=O)OC(C)(C)C.I. The summed E-state index contributed by atoms with van der Waals surface area (Å²) in [5.74, 6) is 0.660. The van der Waals surface area contributed by atoms with E-state index in [0.717, 1.165) is 11.2 Å². The van der Waals surface area contributed by atoms with E-state index in [-0.39, 0.29) is 24.0 Å². The van der Waals surface area contributed by atoms with E-state index in [2.05, 4.69) is 44.1 Å². The molecule has 0 spiro atoms. The number of amides is 1. The van der Waals surface area contributed by atoms with Crippen molar-refractivity contribution in [2.75, 3.05) is 13.6 Å². The van der Waals surface area contributed by atoms with Gasteiger partial charge in [-0.3, -0.25) is 4.99 Å². The average molecular weight is 501 g/mol. The number of carbonyl (C=O) groups excluding carboxylic acids is 1. The highest BCUT2D eigenvalue weighted by molar-refractivity contribution is 14.0. The lowest BCUT2D eigenvalue weighted by Crippen LogP contribution is -2.54. The van der Waals surface area contributed by atoms with E-state index in [1.807, 2.05) is 46.8 Å². The van der Waals surface area contributed by atoms with Crippen LogP contribution in [0.25, 0.3) is 10.9 Å². The molecule has 4 N–H and O–H groups in total. The third kappa shape index (κ3) is 7.95. The van der Waals surface area contributed by atoms with Gasteiger partial charge in [-0.15, -0.1) is 24.0 Å². The van der Waals surface area contributed by atoms with Crippen LogP contribution in [0, 0.1) is 0 Å². The topological polar surface area (TPSA) is 90.5 Å². The molecule has 0 aliphatic rings. The lowest BCUT2D eigenvalue weighted by atomic mass is 10.1. The number of aliphatic imine (C=N–C) groups is 1. The van der Waals surface area contributed by atoms with Crippen LogP contribution in [0.5, 0.6) is 0 Å². The average Bonchev–Trinajstić information content (AvgIpc) is 2.95. The normalized spacial score (nSPS) is 12.3. The molecule has 8 heteroatoms. The fraction of sp³-hybridized carbons (Fsp3) is 0.500. The van der Waals surface area contributed by atoms with Crippen LogP contribution in [-0.4, -0.2) is 41.8 Å². The van der Waals surface area contributed by atoms with Gasteiger partial charge >= 0.3 is 6.09 Å². The quantitative estimate of drug-likeness (QED) is 0.286. The molecular weight excluding hydrogens is 469 g/mol. The van der Waals surface area contributed by atoms with Gasteiger partial charge in [0.05, 0.1) is 12.1 Å². The van der Waals surface area contributed by atoms with Gasteiger partial charge in [-0.1, -0.05) is 18.2 Å². The van der Waals surface area contributed by atoms with E-state index in [1.54, 1.807) is 7.05 Å². The summed E-state index contributed by atoms with van der Waals surface area (Å²) < 4.78 is 5.31. The molecule has 2 aromatic rings. The van der Waals surface area contributed by atoms with Gasteiger partial charge in [-0.2, -0.15) is 0 Å². The smallest absolute Gasteiger partial charge is 0.408 e. The number of benzene rings is 1. The molecule has 0 bridgehead atoms. The molecule has 0 unspecified atom stereocenters. The molecular formula is C20H32IN5O2. The number of para-hydroxylation sites is 1. The number of H-pyrrole nitrogens is 1. The van der Waals surface area contributed by atoms with E-state index in [4.69, 9.17) is 4.74 Å². The minimum atomic E-state index is -0.523. The first-order valence-corrected chi connectivity index (χ1v) is 9.10. The van der Waals surface area contributed by atoms with E-state index in [9.17, 15) is 4.79 Å². The third-order valence-electron chi connectivity index (χ3n) is 3.79. The van der Waals surface area contributed by atoms with Crippen molar-refractivity contribution in [1.82, 2.24) is 20.9 Å². The first kappa shape index (κ1) is 24.1. The van der Waals surface area contributed by atoms with Crippen LogP contribution in [-0.2, 0) is 11.3 Å². The molecule has 0 saturated heterocycles. The molecule has 2 rings (SSSR count). The zero-order chi connectivity index (χ0) is 20.1. The number of halogens is 1. The maximum Gasteiger partial charge on any atom is 0.408 e. The molecule has 7 nitrogen and oxygen atoms in total. The maximum absolute atomic E-state index is 12.0. The largest absolute Gasteiger partial charge is 0.444 e. The molecule has 0 fully saturated rings. The summed E-state index contributed by atoms with van der Waals surface area (Å²) in [4.78, 5) is 19.6. The molecule has 28 heavy (non-hydrogen) atoms. The number of hydrogen-bond donors (Lipinski definition) is 4. The van der Waals surface area contributed by atoms with Crippen molar-refractivity contribution in [3.8, 4) is 0 Å². The number of nitrogens with one attached hydrogen (secondary N) is 4. The summed E-state index contributed by atoms with van der Waals surface area (Å²) in [7, 11) is 1.72.